The van der Waals surface area contributed by atoms with Crippen molar-refractivity contribution >= 4 is 50.9 Å². The second kappa shape index (κ2) is 11.5. The van der Waals surface area contributed by atoms with E-state index in [1.54, 1.807) is 30.1 Å². The number of nitrogens with zero attached hydrogens (tertiary/aromatic N) is 1. The van der Waals surface area contributed by atoms with Crippen molar-refractivity contribution in [3.05, 3.63) is 104 Å². The summed E-state index contributed by atoms with van der Waals surface area (Å²) in [6, 6.07) is 21.8. The minimum absolute atomic E-state index is 0.00266. The van der Waals surface area contributed by atoms with Gasteiger partial charge >= 0.3 is 0 Å². The Morgan fingerprint density at radius 1 is 0.906 bits per heavy atom. The molecule has 0 aliphatic heterocycles. The summed E-state index contributed by atoms with van der Waals surface area (Å²) < 4.78 is 0.939. The fraction of sp³-hybridized carbons (Fsp3) is 0.200. The van der Waals surface area contributed by atoms with Gasteiger partial charge in [0.05, 0.1) is 6.42 Å². The van der Waals surface area contributed by atoms with Crippen molar-refractivity contribution in [2.75, 3.05) is 7.05 Å². The van der Waals surface area contributed by atoms with Gasteiger partial charge in [0.25, 0.3) is 0 Å². The first-order valence-electron chi connectivity index (χ1n) is 10.1. The standard InChI is InChI=1S/C25H23BrCl2N2O2/c1-29-25(32)23(14-17-6-3-2-4-7-17)30(16-18-10-12-19(26)13-11-18)24(31)15-20-21(27)8-5-9-22(20)28/h2-13,23H,14-16H2,1H3,(H,29,32). The number of hydrogen-bond donors (Lipinski definition) is 1. The van der Waals surface area contributed by atoms with Gasteiger partial charge < -0.3 is 10.2 Å². The summed E-state index contributed by atoms with van der Waals surface area (Å²) >= 11 is 16.1. The third-order valence-corrected chi connectivity index (χ3v) is 6.41. The monoisotopic (exact) mass is 532 g/mol. The third-order valence-electron chi connectivity index (χ3n) is 5.17. The molecule has 0 radical (unpaired) electrons. The zero-order valence-corrected chi connectivity index (χ0v) is 20.6. The number of carbonyl (C=O) groups excluding carboxylic acids is 2. The molecule has 3 rings (SSSR count). The quantitative estimate of drug-likeness (QED) is 0.404. The van der Waals surface area contributed by atoms with Crippen LogP contribution in [0.3, 0.4) is 0 Å². The third kappa shape index (κ3) is 6.35. The predicted molar refractivity (Wildman–Crippen MR) is 133 cm³/mol. The number of benzene rings is 3. The van der Waals surface area contributed by atoms with Gasteiger partial charge in [-0.25, -0.2) is 0 Å². The molecule has 1 N–H and O–H groups in total. The summed E-state index contributed by atoms with van der Waals surface area (Å²) in [5.41, 5.74) is 2.43. The number of hydrogen-bond acceptors (Lipinski definition) is 2. The number of nitrogens with one attached hydrogen (secondary N) is 1. The van der Waals surface area contributed by atoms with Gasteiger partial charge in [0, 0.05) is 34.5 Å². The molecule has 0 spiro atoms. The summed E-state index contributed by atoms with van der Waals surface area (Å²) in [7, 11) is 1.58. The Bertz CT molecular complexity index is 1050. The van der Waals surface area contributed by atoms with Crippen LogP contribution >= 0.6 is 39.1 Å². The largest absolute Gasteiger partial charge is 0.357 e. The smallest absolute Gasteiger partial charge is 0.242 e. The lowest BCUT2D eigenvalue weighted by atomic mass is 10.0. The van der Waals surface area contributed by atoms with Gasteiger partial charge in [-0.3, -0.25) is 9.59 Å². The summed E-state index contributed by atoms with van der Waals surface area (Å²) in [5, 5.41) is 3.56. The highest BCUT2D eigenvalue weighted by Gasteiger charge is 2.30. The van der Waals surface area contributed by atoms with E-state index in [1.165, 1.54) is 0 Å². The number of rotatable bonds is 8. The van der Waals surface area contributed by atoms with E-state index in [0.717, 1.165) is 15.6 Å². The molecule has 4 nitrogen and oxygen atoms in total. The van der Waals surface area contributed by atoms with Gasteiger partial charge in [-0.1, -0.05) is 87.7 Å². The molecule has 1 unspecified atom stereocenters. The SMILES string of the molecule is CNC(=O)C(Cc1ccccc1)N(Cc1ccc(Br)cc1)C(=O)Cc1c(Cl)cccc1Cl. The number of carbonyl (C=O) groups is 2. The zero-order valence-electron chi connectivity index (χ0n) is 17.5. The maximum atomic E-state index is 13.6. The van der Waals surface area contributed by atoms with Gasteiger partial charge in [-0.15, -0.1) is 0 Å². The van der Waals surface area contributed by atoms with Crippen LogP contribution in [0.5, 0.6) is 0 Å². The molecule has 3 aromatic carbocycles. The van der Waals surface area contributed by atoms with Gasteiger partial charge in [0.2, 0.25) is 11.8 Å². The minimum atomic E-state index is -0.695. The van der Waals surface area contributed by atoms with Gasteiger partial charge in [-0.05, 0) is 41.0 Å². The summed E-state index contributed by atoms with van der Waals surface area (Å²) in [4.78, 5) is 28.1. The topological polar surface area (TPSA) is 49.4 Å². The second-order valence-corrected chi connectivity index (χ2v) is 9.07. The number of amides is 2. The second-order valence-electron chi connectivity index (χ2n) is 7.34. The van der Waals surface area contributed by atoms with E-state index >= 15 is 0 Å². The van der Waals surface area contributed by atoms with Crippen LogP contribution in [0.1, 0.15) is 16.7 Å². The van der Waals surface area contributed by atoms with Crippen LogP contribution in [0.4, 0.5) is 0 Å². The molecule has 0 aliphatic carbocycles. The highest BCUT2D eigenvalue weighted by Crippen LogP contribution is 2.26. The van der Waals surface area contributed by atoms with Crippen molar-refractivity contribution in [2.45, 2.75) is 25.4 Å². The lowest BCUT2D eigenvalue weighted by molar-refractivity contribution is -0.140. The average molecular weight is 534 g/mol. The van der Waals surface area contributed by atoms with Gasteiger partial charge in [-0.2, -0.15) is 0 Å². The molecule has 2 amide bonds. The van der Waals surface area contributed by atoms with E-state index in [9.17, 15) is 9.59 Å². The predicted octanol–water partition coefficient (Wildman–Crippen LogP) is 5.68. The molecule has 0 fully saturated rings. The van der Waals surface area contributed by atoms with Crippen LogP contribution in [-0.2, 0) is 29.0 Å². The Hall–Kier alpha value is -2.34. The molecule has 0 aliphatic rings. The maximum absolute atomic E-state index is 13.6. The van der Waals surface area contributed by atoms with Crippen molar-refractivity contribution in [1.29, 1.82) is 0 Å². The van der Waals surface area contributed by atoms with Gasteiger partial charge in [0.15, 0.2) is 0 Å². The highest BCUT2D eigenvalue weighted by molar-refractivity contribution is 9.10. The van der Waals surface area contributed by atoms with Crippen molar-refractivity contribution in [1.82, 2.24) is 10.2 Å². The van der Waals surface area contributed by atoms with Crippen LogP contribution in [0.25, 0.3) is 0 Å². The van der Waals surface area contributed by atoms with Crippen LogP contribution in [-0.4, -0.2) is 29.8 Å². The molecule has 0 aromatic heterocycles. The molecule has 0 bridgehead atoms. The fourth-order valence-electron chi connectivity index (χ4n) is 3.46. The molecular formula is C25H23BrCl2N2O2. The fourth-order valence-corrected chi connectivity index (χ4v) is 4.26. The van der Waals surface area contributed by atoms with Crippen LogP contribution in [0.2, 0.25) is 10.0 Å². The Labute approximate surface area is 206 Å². The first kappa shape index (κ1) is 24.3. The average Bonchev–Trinajstić information content (AvgIpc) is 2.80. The van der Waals surface area contributed by atoms with Crippen molar-refractivity contribution in [3.8, 4) is 0 Å². The molecule has 0 heterocycles. The molecule has 0 saturated carbocycles. The summed E-state index contributed by atoms with van der Waals surface area (Å²) in [5.74, 6) is -0.461. The van der Waals surface area contributed by atoms with E-state index in [-0.39, 0.29) is 24.8 Å². The van der Waals surface area contributed by atoms with Crippen molar-refractivity contribution < 1.29 is 9.59 Å². The molecule has 166 valence electrons. The van der Waals surface area contributed by atoms with Crippen LogP contribution < -0.4 is 5.32 Å². The zero-order chi connectivity index (χ0) is 23.1. The lowest BCUT2D eigenvalue weighted by Gasteiger charge is -2.31. The maximum Gasteiger partial charge on any atom is 0.242 e. The molecular weight excluding hydrogens is 511 g/mol. The summed E-state index contributed by atoms with van der Waals surface area (Å²) in [6.07, 6.45) is 0.385. The Kier molecular flexibility index (Phi) is 8.74. The highest BCUT2D eigenvalue weighted by atomic mass is 79.9. The number of likely N-dealkylation sites (N-methyl/N-ethyl adjacent to an activating group) is 1. The van der Waals surface area contributed by atoms with Crippen LogP contribution in [0.15, 0.2) is 77.3 Å². The normalized spacial score (nSPS) is 11.6. The van der Waals surface area contributed by atoms with Crippen molar-refractivity contribution in [2.24, 2.45) is 0 Å². The van der Waals surface area contributed by atoms with E-state index < -0.39 is 6.04 Å². The van der Waals surface area contributed by atoms with E-state index in [0.29, 0.717) is 22.0 Å². The summed E-state index contributed by atoms with van der Waals surface area (Å²) in [6.45, 7) is 0.277. The van der Waals surface area contributed by atoms with E-state index in [4.69, 9.17) is 23.2 Å². The molecule has 7 heteroatoms. The van der Waals surface area contributed by atoms with Crippen LogP contribution in [0, 0.1) is 0 Å². The Morgan fingerprint density at radius 2 is 1.53 bits per heavy atom. The van der Waals surface area contributed by atoms with E-state index in [2.05, 4.69) is 21.2 Å². The van der Waals surface area contributed by atoms with Crippen molar-refractivity contribution in [3.63, 3.8) is 0 Å². The minimum Gasteiger partial charge on any atom is -0.357 e. The molecule has 1 atom stereocenters. The number of halogens is 3. The first-order chi connectivity index (χ1) is 15.4. The first-order valence-corrected chi connectivity index (χ1v) is 11.7. The van der Waals surface area contributed by atoms with Gasteiger partial charge in [0.1, 0.15) is 6.04 Å². The van der Waals surface area contributed by atoms with E-state index in [1.807, 2.05) is 54.6 Å². The molecule has 32 heavy (non-hydrogen) atoms. The Balaban J connectivity index is 1.97. The molecule has 0 saturated heterocycles. The molecule has 3 aromatic rings. The lowest BCUT2D eigenvalue weighted by Crippen LogP contribution is -2.50. The Morgan fingerprint density at radius 3 is 2.12 bits per heavy atom.